The van der Waals surface area contributed by atoms with Gasteiger partial charge in [-0.15, -0.1) is 0 Å². The summed E-state index contributed by atoms with van der Waals surface area (Å²) in [5.74, 6) is -0.282. The molecule has 1 aromatic carbocycles. The van der Waals surface area contributed by atoms with Crippen LogP contribution in [0.25, 0.3) is 0 Å². The Morgan fingerprint density at radius 1 is 1.00 bits per heavy atom. The fourth-order valence-corrected chi connectivity index (χ4v) is 2.68. The molecule has 4 N–H and O–H groups in total. The maximum atomic E-state index is 12.3. The number of aryl methyl sites for hydroxylation is 3. The van der Waals surface area contributed by atoms with Gasteiger partial charge in [0.15, 0.2) is 13.1 Å². The van der Waals surface area contributed by atoms with Crippen molar-refractivity contribution >= 4 is 23.5 Å². The van der Waals surface area contributed by atoms with Crippen molar-refractivity contribution in [2.24, 2.45) is 5.92 Å². The molecule has 0 spiro atoms. The molecule has 0 radical (unpaired) electrons. The fourth-order valence-electron chi connectivity index (χ4n) is 2.68. The third-order valence-electron chi connectivity index (χ3n) is 3.79. The number of hydrogen-bond donors (Lipinski definition) is 4. The summed E-state index contributed by atoms with van der Waals surface area (Å²) in [6, 6.07) is 3.53. The van der Waals surface area contributed by atoms with Crippen LogP contribution in [-0.2, 0) is 9.59 Å². The van der Waals surface area contributed by atoms with Gasteiger partial charge in [0.25, 0.3) is 11.8 Å². The minimum atomic E-state index is -0.508. The second-order valence-electron chi connectivity index (χ2n) is 7.28. The standard InChI is InChI=1S/C19H30N4O3/c1-12(2)9-20-19(26)22-17(25)11-23(6)10-16(24)21-18-14(4)7-13(3)8-15(18)5/h7-8,12H,9-11H2,1-6H3,(H,21,24)(H2,20,22,25,26)/p+1. The molecule has 1 unspecified atom stereocenters. The Bertz CT molecular complexity index is 648. The highest BCUT2D eigenvalue weighted by atomic mass is 16.2. The Kier molecular flexibility index (Phi) is 8.25. The first kappa shape index (κ1) is 21.6. The largest absolute Gasteiger partial charge is 0.338 e. The number of urea groups is 1. The summed E-state index contributed by atoms with van der Waals surface area (Å²) in [4.78, 5) is 36.4. The molecule has 7 heteroatoms. The van der Waals surface area contributed by atoms with E-state index in [2.05, 4.69) is 16.0 Å². The number of quaternary nitrogens is 1. The van der Waals surface area contributed by atoms with Gasteiger partial charge in [-0.05, 0) is 37.8 Å². The smallest absolute Gasteiger partial charge is 0.321 e. The second kappa shape index (κ2) is 9.91. The molecule has 26 heavy (non-hydrogen) atoms. The molecule has 0 aromatic heterocycles. The molecule has 0 saturated carbocycles. The molecule has 1 rings (SSSR count). The topological polar surface area (TPSA) is 91.7 Å². The summed E-state index contributed by atoms with van der Waals surface area (Å²) in [5, 5.41) is 7.80. The number of rotatable bonds is 7. The zero-order chi connectivity index (χ0) is 19.9. The van der Waals surface area contributed by atoms with Crippen LogP contribution in [0, 0.1) is 26.7 Å². The van der Waals surface area contributed by atoms with E-state index in [1.807, 2.05) is 46.8 Å². The Balaban J connectivity index is 2.47. The lowest BCUT2D eigenvalue weighted by molar-refractivity contribution is -0.862. The first-order valence-corrected chi connectivity index (χ1v) is 8.85. The minimum absolute atomic E-state index is 0.0361. The van der Waals surface area contributed by atoms with Crippen LogP contribution < -0.4 is 20.9 Å². The van der Waals surface area contributed by atoms with E-state index in [0.717, 1.165) is 22.4 Å². The lowest BCUT2D eigenvalue weighted by Gasteiger charge is -2.16. The highest BCUT2D eigenvalue weighted by Crippen LogP contribution is 2.21. The van der Waals surface area contributed by atoms with E-state index in [1.54, 1.807) is 7.05 Å². The molecule has 4 amide bonds. The zero-order valence-electron chi connectivity index (χ0n) is 16.6. The fraction of sp³-hybridized carbons (Fsp3) is 0.526. The Morgan fingerprint density at radius 2 is 1.54 bits per heavy atom. The summed E-state index contributed by atoms with van der Waals surface area (Å²) in [6.07, 6.45) is 0. The number of anilines is 1. The van der Waals surface area contributed by atoms with Crippen molar-refractivity contribution in [1.29, 1.82) is 0 Å². The van der Waals surface area contributed by atoms with E-state index >= 15 is 0 Å². The Hall–Kier alpha value is -2.41. The van der Waals surface area contributed by atoms with E-state index in [0.29, 0.717) is 17.4 Å². The first-order chi connectivity index (χ1) is 12.1. The van der Waals surface area contributed by atoms with Crippen molar-refractivity contribution in [2.45, 2.75) is 34.6 Å². The van der Waals surface area contributed by atoms with Crippen molar-refractivity contribution < 1.29 is 19.3 Å². The van der Waals surface area contributed by atoms with Gasteiger partial charge in [0, 0.05) is 12.2 Å². The van der Waals surface area contributed by atoms with Gasteiger partial charge in [-0.2, -0.15) is 0 Å². The van der Waals surface area contributed by atoms with Crippen LogP contribution in [0.3, 0.4) is 0 Å². The molecule has 144 valence electrons. The number of carbonyl (C=O) groups is 3. The highest BCUT2D eigenvalue weighted by Gasteiger charge is 2.17. The molecule has 0 heterocycles. The molecule has 0 aliphatic heterocycles. The third kappa shape index (κ3) is 7.65. The SMILES string of the molecule is Cc1cc(C)c(NC(=O)C[NH+](C)CC(=O)NC(=O)NCC(C)C)c(C)c1. The van der Waals surface area contributed by atoms with Gasteiger partial charge in [-0.25, -0.2) is 4.79 Å². The monoisotopic (exact) mass is 363 g/mol. The predicted octanol–water partition coefficient (Wildman–Crippen LogP) is 0.547. The lowest BCUT2D eigenvalue weighted by Crippen LogP contribution is -3.11. The number of amides is 4. The number of likely N-dealkylation sites (N-methyl/N-ethyl adjacent to an activating group) is 1. The lowest BCUT2D eigenvalue weighted by atomic mass is 10.1. The van der Waals surface area contributed by atoms with E-state index in [4.69, 9.17) is 0 Å². The van der Waals surface area contributed by atoms with Gasteiger partial charge in [-0.3, -0.25) is 14.9 Å². The normalized spacial score (nSPS) is 11.8. The number of carbonyl (C=O) groups excluding carboxylic acids is 3. The molecule has 0 aliphatic rings. The van der Waals surface area contributed by atoms with Crippen molar-refractivity contribution in [3.63, 3.8) is 0 Å². The zero-order valence-corrected chi connectivity index (χ0v) is 16.6. The molecular weight excluding hydrogens is 332 g/mol. The van der Waals surface area contributed by atoms with E-state index in [9.17, 15) is 14.4 Å². The maximum Gasteiger partial charge on any atom is 0.321 e. The van der Waals surface area contributed by atoms with Crippen LogP contribution in [-0.4, -0.2) is 44.5 Å². The molecule has 0 aliphatic carbocycles. The summed E-state index contributed by atoms with van der Waals surface area (Å²) < 4.78 is 0. The van der Waals surface area contributed by atoms with E-state index < -0.39 is 11.9 Å². The quantitative estimate of drug-likeness (QED) is 0.570. The third-order valence-corrected chi connectivity index (χ3v) is 3.79. The van der Waals surface area contributed by atoms with Crippen LogP contribution in [0.1, 0.15) is 30.5 Å². The van der Waals surface area contributed by atoms with Crippen LogP contribution in [0.5, 0.6) is 0 Å². The molecule has 0 bridgehead atoms. The Morgan fingerprint density at radius 3 is 2.08 bits per heavy atom. The molecule has 7 nitrogen and oxygen atoms in total. The molecule has 0 saturated heterocycles. The average molecular weight is 363 g/mol. The summed E-state index contributed by atoms with van der Waals surface area (Å²) in [7, 11) is 1.74. The minimum Gasteiger partial charge on any atom is -0.338 e. The van der Waals surface area contributed by atoms with E-state index in [-0.39, 0.29) is 19.0 Å². The molecule has 1 atom stereocenters. The van der Waals surface area contributed by atoms with Crippen molar-refractivity contribution in [3.8, 4) is 0 Å². The van der Waals surface area contributed by atoms with Gasteiger partial charge < -0.3 is 15.5 Å². The average Bonchev–Trinajstić information content (AvgIpc) is 2.48. The van der Waals surface area contributed by atoms with Gasteiger partial charge in [0.05, 0.1) is 7.05 Å². The summed E-state index contributed by atoms with van der Waals surface area (Å²) in [6.45, 7) is 10.5. The number of hydrogen-bond acceptors (Lipinski definition) is 3. The van der Waals surface area contributed by atoms with Crippen LogP contribution in [0.4, 0.5) is 10.5 Å². The summed E-state index contributed by atoms with van der Waals surface area (Å²) >= 11 is 0. The van der Waals surface area contributed by atoms with Crippen molar-refractivity contribution in [2.75, 3.05) is 32.0 Å². The van der Waals surface area contributed by atoms with Crippen LogP contribution >= 0.6 is 0 Å². The maximum absolute atomic E-state index is 12.3. The first-order valence-electron chi connectivity index (χ1n) is 8.85. The number of nitrogens with one attached hydrogen (secondary N) is 4. The van der Waals surface area contributed by atoms with Gasteiger partial charge in [0.1, 0.15) is 0 Å². The molecular formula is C19H31N4O3+. The van der Waals surface area contributed by atoms with Crippen molar-refractivity contribution in [3.05, 3.63) is 28.8 Å². The van der Waals surface area contributed by atoms with Crippen LogP contribution in [0.2, 0.25) is 0 Å². The second-order valence-corrected chi connectivity index (χ2v) is 7.28. The van der Waals surface area contributed by atoms with Crippen LogP contribution in [0.15, 0.2) is 12.1 Å². The Labute approximate surface area is 155 Å². The highest BCUT2D eigenvalue weighted by molar-refractivity contribution is 5.95. The predicted molar refractivity (Wildman–Crippen MR) is 102 cm³/mol. The molecule has 1 aromatic rings. The summed E-state index contributed by atoms with van der Waals surface area (Å²) in [5.41, 5.74) is 3.97. The van der Waals surface area contributed by atoms with Crippen molar-refractivity contribution in [1.82, 2.24) is 10.6 Å². The van der Waals surface area contributed by atoms with E-state index in [1.165, 1.54) is 0 Å². The molecule has 0 fully saturated rings. The van der Waals surface area contributed by atoms with Gasteiger partial charge in [0.2, 0.25) is 0 Å². The van der Waals surface area contributed by atoms with Gasteiger partial charge in [-0.1, -0.05) is 31.5 Å². The number of benzene rings is 1. The van der Waals surface area contributed by atoms with Gasteiger partial charge >= 0.3 is 6.03 Å². The number of imide groups is 1.